The van der Waals surface area contributed by atoms with Crippen molar-refractivity contribution in [3.63, 3.8) is 0 Å². The van der Waals surface area contributed by atoms with E-state index in [1.165, 1.54) is 50.3 Å². The minimum absolute atomic E-state index is 0.0812. The summed E-state index contributed by atoms with van der Waals surface area (Å²) in [5.74, 6) is -0.928. The molecule has 1 atom stereocenters. The molecule has 4 heteroatoms. The van der Waals surface area contributed by atoms with E-state index in [2.05, 4.69) is 6.92 Å². The van der Waals surface area contributed by atoms with Crippen molar-refractivity contribution in [1.82, 2.24) is 0 Å². The molecule has 0 fully saturated rings. The Kier molecular flexibility index (Phi) is 16.3. The van der Waals surface area contributed by atoms with Gasteiger partial charge in [0.05, 0.1) is 6.10 Å². The molecule has 0 heterocycles. The Morgan fingerprint density at radius 2 is 1.54 bits per heavy atom. The van der Waals surface area contributed by atoms with Crippen LogP contribution in [0.3, 0.4) is 0 Å². The normalized spacial score (nSPS) is 14.3. The first kappa shape index (κ1) is 23.9. The number of allylic oxidation sites excluding steroid dienone is 8. The van der Waals surface area contributed by atoms with Crippen LogP contribution in [0.15, 0.2) is 60.4 Å². The lowest BCUT2D eigenvalue weighted by Gasteiger charge is -2.08. The van der Waals surface area contributed by atoms with Gasteiger partial charge in [0, 0.05) is 6.08 Å². The smallest absolute Gasteiger partial charge is 0.328 e. The van der Waals surface area contributed by atoms with Gasteiger partial charge in [-0.1, -0.05) is 81.9 Å². The molecule has 0 saturated carbocycles. The van der Waals surface area contributed by atoms with E-state index in [1.807, 2.05) is 12.2 Å². The molecule has 0 aliphatic carbocycles. The number of carbonyl (C=O) groups is 1. The van der Waals surface area contributed by atoms with E-state index in [-0.39, 0.29) is 11.9 Å². The molecule has 0 aliphatic heterocycles. The van der Waals surface area contributed by atoms with Crippen LogP contribution in [0.25, 0.3) is 0 Å². The van der Waals surface area contributed by atoms with Crippen molar-refractivity contribution in [2.24, 2.45) is 0 Å². The highest BCUT2D eigenvalue weighted by Crippen LogP contribution is 2.11. The fourth-order valence-electron chi connectivity index (χ4n) is 2.33. The minimum Gasteiger partial charge on any atom is -0.508 e. The lowest BCUT2D eigenvalue weighted by atomic mass is 10.0. The SMILES string of the molecule is CCCCCCCCC(O)CC/C=C/C=C/C(O)=C/C=C/C=C/C(=O)O. The Bertz CT molecular complexity index is 498. The molecule has 0 bridgehead atoms. The lowest BCUT2D eigenvalue weighted by molar-refractivity contribution is -0.131. The number of carboxylic acid groups (broad SMARTS) is 1. The van der Waals surface area contributed by atoms with Gasteiger partial charge in [0.1, 0.15) is 5.76 Å². The Hall–Kier alpha value is -2.07. The Morgan fingerprint density at radius 3 is 2.27 bits per heavy atom. The van der Waals surface area contributed by atoms with Crippen LogP contribution in [0, 0.1) is 0 Å². The van der Waals surface area contributed by atoms with Crippen LogP contribution in [0.5, 0.6) is 0 Å². The largest absolute Gasteiger partial charge is 0.508 e. The zero-order chi connectivity index (χ0) is 19.5. The van der Waals surface area contributed by atoms with E-state index >= 15 is 0 Å². The second-order valence-corrected chi connectivity index (χ2v) is 6.25. The van der Waals surface area contributed by atoms with Crippen molar-refractivity contribution in [2.45, 2.75) is 70.8 Å². The van der Waals surface area contributed by atoms with Crippen molar-refractivity contribution in [3.8, 4) is 0 Å². The first-order chi connectivity index (χ1) is 12.6. The number of aliphatic carboxylic acids is 1. The highest BCUT2D eigenvalue weighted by Gasteiger charge is 2.02. The van der Waals surface area contributed by atoms with Crippen molar-refractivity contribution in [1.29, 1.82) is 0 Å². The van der Waals surface area contributed by atoms with E-state index in [4.69, 9.17) is 5.11 Å². The van der Waals surface area contributed by atoms with Gasteiger partial charge in [0.2, 0.25) is 0 Å². The average molecular weight is 363 g/mol. The van der Waals surface area contributed by atoms with Gasteiger partial charge in [-0.05, 0) is 31.4 Å². The van der Waals surface area contributed by atoms with Gasteiger partial charge in [-0.3, -0.25) is 0 Å². The second kappa shape index (κ2) is 17.7. The summed E-state index contributed by atoms with van der Waals surface area (Å²) in [6, 6.07) is 0. The first-order valence-corrected chi connectivity index (χ1v) is 9.54. The molecule has 146 valence electrons. The van der Waals surface area contributed by atoms with Crippen LogP contribution in [0.4, 0.5) is 0 Å². The zero-order valence-electron chi connectivity index (χ0n) is 15.9. The lowest BCUT2D eigenvalue weighted by Crippen LogP contribution is -2.05. The van der Waals surface area contributed by atoms with Crippen molar-refractivity contribution in [3.05, 3.63) is 60.4 Å². The van der Waals surface area contributed by atoms with Gasteiger partial charge in [0.25, 0.3) is 0 Å². The summed E-state index contributed by atoms with van der Waals surface area (Å²) in [4.78, 5) is 10.2. The van der Waals surface area contributed by atoms with Gasteiger partial charge in [0.15, 0.2) is 0 Å². The predicted octanol–water partition coefficient (Wildman–Crippen LogP) is 5.63. The summed E-state index contributed by atoms with van der Waals surface area (Å²) in [6.07, 6.45) is 23.7. The Morgan fingerprint density at radius 1 is 0.846 bits per heavy atom. The van der Waals surface area contributed by atoms with Crippen LogP contribution >= 0.6 is 0 Å². The monoisotopic (exact) mass is 362 g/mol. The Balaban J connectivity index is 3.80. The number of hydrogen-bond acceptors (Lipinski definition) is 3. The summed E-state index contributed by atoms with van der Waals surface area (Å²) in [7, 11) is 0. The van der Waals surface area contributed by atoms with Crippen LogP contribution in [-0.4, -0.2) is 27.4 Å². The average Bonchev–Trinajstić information content (AvgIpc) is 2.60. The van der Waals surface area contributed by atoms with E-state index in [9.17, 15) is 15.0 Å². The molecule has 1 unspecified atom stereocenters. The molecular weight excluding hydrogens is 328 g/mol. The molecule has 0 rings (SSSR count). The number of aliphatic hydroxyl groups excluding tert-OH is 2. The summed E-state index contributed by atoms with van der Waals surface area (Å²) >= 11 is 0. The maximum atomic E-state index is 10.2. The molecule has 0 aromatic rings. The van der Waals surface area contributed by atoms with Crippen molar-refractivity contribution < 1.29 is 20.1 Å². The number of rotatable bonds is 15. The van der Waals surface area contributed by atoms with Crippen LogP contribution < -0.4 is 0 Å². The molecule has 0 spiro atoms. The van der Waals surface area contributed by atoms with Crippen molar-refractivity contribution >= 4 is 5.97 Å². The highest BCUT2D eigenvalue weighted by atomic mass is 16.4. The minimum atomic E-state index is -1.01. The van der Waals surface area contributed by atoms with Gasteiger partial charge < -0.3 is 15.3 Å². The van der Waals surface area contributed by atoms with Gasteiger partial charge >= 0.3 is 5.97 Å². The summed E-state index contributed by atoms with van der Waals surface area (Å²) in [5.41, 5.74) is 0. The molecule has 0 aliphatic rings. The third-order valence-corrected chi connectivity index (χ3v) is 3.80. The predicted molar refractivity (Wildman–Crippen MR) is 108 cm³/mol. The molecule has 26 heavy (non-hydrogen) atoms. The standard InChI is InChI=1S/C22H34O4/c1-2-3-4-5-6-10-15-20(23)16-11-7-8-12-17-21(24)18-13-9-14-19-22(25)26/h7-9,12-14,17-20,23-24H,2-6,10-11,15-16H2,1H3,(H,25,26)/b8-7+,13-9+,17-12+,19-14+,21-18-. The summed E-state index contributed by atoms with van der Waals surface area (Å²) in [5, 5.41) is 27.9. The summed E-state index contributed by atoms with van der Waals surface area (Å²) < 4.78 is 0. The van der Waals surface area contributed by atoms with E-state index in [0.29, 0.717) is 0 Å². The van der Waals surface area contributed by atoms with Crippen molar-refractivity contribution in [2.75, 3.05) is 0 Å². The topological polar surface area (TPSA) is 77.8 Å². The molecule has 4 nitrogen and oxygen atoms in total. The molecule has 0 radical (unpaired) electrons. The fourth-order valence-corrected chi connectivity index (χ4v) is 2.33. The number of aliphatic hydroxyl groups is 2. The van der Waals surface area contributed by atoms with E-state index < -0.39 is 5.97 Å². The third kappa shape index (κ3) is 18.3. The molecule has 0 saturated heterocycles. The summed E-state index contributed by atoms with van der Waals surface area (Å²) in [6.45, 7) is 2.21. The van der Waals surface area contributed by atoms with E-state index in [0.717, 1.165) is 31.8 Å². The van der Waals surface area contributed by atoms with Gasteiger partial charge in [-0.2, -0.15) is 0 Å². The zero-order valence-corrected chi connectivity index (χ0v) is 15.9. The number of unbranched alkanes of at least 4 members (excludes halogenated alkanes) is 5. The van der Waals surface area contributed by atoms with E-state index in [1.54, 1.807) is 18.2 Å². The maximum absolute atomic E-state index is 10.2. The molecule has 0 aromatic heterocycles. The maximum Gasteiger partial charge on any atom is 0.328 e. The van der Waals surface area contributed by atoms with Crippen LogP contribution in [-0.2, 0) is 4.79 Å². The van der Waals surface area contributed by atoms with Gasteiger partial charge in [-0.25, -0.2) is 4.79 Å². The fraction of sp³-hybridized carbons (Fsp3) is 0.500. The Labute approximate surface area is 157 Å². The second-order valence-electron chi connectivity index (χ2n) is 6.25. The van der Waals surface area contributed by atoms with Crippen LogP contribution in [0.1, 0.15) is 64.7 Å². The first-order valence-electron chi connectivity index (χ1n) is 9.54. The molecule has 0 amide bonds. The van der Waals surface area contributed by atoms with Crippen LogP contribution in [0.2, 0.25) is 0 Å². The molecule has 0 aromatic carbocycles. The van der Waals surface area contributed by atoms with Gasteiger partial charge in [-0.15, -0.1) is 0 Å². The number of hydrogen-bond donors (Lipinski definition) is 3. The molecular formula is C22H34O4. The highest BCUT2D eigenvalue weighted by molar-refractivity contribution is 5.80. The number of carboxylic acids is 1. The quantitative estimate of drug-likeness (QED) is 0.153. The molecule has 3 N–H and O–H groups in total. The third-order valence-electron chi connectivity index (χ3n) is 3.80.